The average Bonchev–Trinajstić information content (AvgIpc) is 3.19. The summed E-state index contributed by atoms with van der Waals surface area (Å²) < 4.78 is 22.0. The topological polar surface area (TPSA) is 63.8 Å². The number of thiazole rings is 1. The van der Waals surface area contributed by atoms with Crippen LogP contribution in [0.5, 0.6) is 11.5 Å². The van der Waals surface area contributed by atoms with Gasteiger partial charge in [0, 0.05) is 5.56 Å². The van der Waals surface area contributed by atoms with Crippen molar-refractivity contribution in [3.8, 4) is 11.5 Å². The van der Waals surface area contributed by atoms with E-state index < -0.39 is 6.04 Å². The monoisotopic (exact) mass is 498 g/mol. The van der Waals surface area contributed by atoms with Crippen molar-refractivity contribution in [1.82, 2.24) is 4.57 Å². The van der Waals surface area contributed by atoms with Crippen LogP contribution in [0.2, 0.25) is 0 Å². The Morgan fingerprint density at radius 2 is 2.00 bits per heavy atom. The maximum absolute atomic E-state index is 14.3. The Hall–Kier alpha value is -3.97. The van der Waals surface area contributed by atoms with Gasteiger partial charge in [-0.1, -0.05) is 53.8 Å². The van der Waals surface area contributed by atoms with Crippen molar-refractivity contribution in [3.63, 3.8) is 0 Å². The first-order valence-corrected chi connectivity index (χ1v) is 12.7. The molecule has 3 aromatic carbocycles. The summed E-state index contributed by atoms with van der Waals surface area (Å²) in [5.41, 5.74) is 5.49. The molecule has 1 atom stereocenters. The molecule has 7 heteroatoms. The molecule has 0 saturated carbocycles. The molecule has 0 fully saturated rings. The van der Waals surface area contributed by atoms with Gasteiger partial charge in [-0.2, -0.15) is 0 Å². The molecule has 2 heterocycles. The van der Waals surface area contributed by atoms with Gasteiger partial charge < -0.3 is 9.84 Å². The van der Waals surface area contributed by atoms with Crippen LogP contribution in [0.15, 0.2) is 82.1 Å². The van der Waals surface area contributed by atoms with Crippen LogP contribution >= 0.6 is 11.3 Å². The summed E-state index contributed by atoms with van der Waals surface area (Å²) in [6.45, 7) is 2.26. The molecule has 1 aliphatic heterocycles. The van der Waals surface area contributed by atoms with Gasteiger partial charge in [0.25, 0.3) is 5.56 Å². The summed E-state index contributed by atoms with van der Waals surface area (Å²) in [4.78, 5) is 19.3. The Morgan fingerprint density at radius 1 is 1.14 bits per heavy atom. The zero-order valence-corrected chi connectivity index (χ0v) is 20.4. The Labute approximate surface area is 210 Å². The number of rotatable bonds is 4. The van der Waals surface area contributed by atoms with E-state index in [1.807, 2.05) is 25.1 Å². The molecule has 5 nitrogen and oxygen atoms in total. The molecule has 0 radical (unpaired) electrons. The second kappa shape index (κ2) is 8.91. The van der Waals surface area contributed by atoms with E-state index in [0.717, 1.165) is 40.8 Å². The summed E-state index contributed by atoms with van der Waals surface area (Å²) in [7, 11) is 0. The molecule has 0 amide bonds. The third-order valence-corrected chi connectivity index (χ3v) is 7.60. The minimum Gasteiger partial charge on any atom is -0.504 e. The van der Waals surface area contributed by atoms with Crippen LogP contribution < -0.4 is 19.6 Å². The molecular formula is C29H23FN2O3S. The first-order chi connectivity index (χ1) is 17.5. The standard InChI is InChI=1S/C29H23FN2O3S/c1-2-35-24-14-17(10-13-23(24)33)15-25-28(34)32-27(19-7-5-8-20(30)16-19)22-12-11-18-6-3-4-9-21(18)26(22)31-29(32)36-25/h3-10,13-16,27,33H,2,11-12H2,1H3/b25-15-/t27-/m0/s1. The highest BCUT2D eigenvalue weighted by molar-refractivity contribution is 7.07. The molecule has 180 valence electrons. The third-order valence-electron chi connectivity index (χ3n) is 6.62. The first-order valence-electron chi connectivity index (χ1n) is 11.9. The Bertz CT molecular complexity index is 1720. The average molecular weight is 499 g/mol. The van der Waals surface area contributed by atoms with Gasteiger partial charge in [-0.3, -0.25) is 9.36 Å². The van der Waals surface area contributed by atoms with Gasteiger partial charge in [0.15, 0.2) is 16.3 Å². The third kappa shape index (κ3) is 3.76. The largest absolute Gasteiger partial charge is 0.504 e. The van der Waals surface area contributed by atoms with Crippen LogP contribution in [-0.4, -0.2) is 16.3 Å². The van der Waals surface area contributed by atoms with Gasteiger partial charge >= 0.3 is 0 Å². The molecule has 2 aliphatic rings. The maximum Gasteiger partial charge on any atom is 0.271 e. The van der Waals surface area contributed by atoms with Crippen molar-refractivity contribution in [2.24, 2.45) is 4.99 Å². The molecular weight excluding hydrogens is 475 g/mol. The smallest absolute Gasteiger partial charge is 0.271 e. The fourth-order valence-corrected chi connectivity index (χ4v) is 6.04. The van der Waals surface area contributed by atoms with E-state index in [2.05, 4.69) is 12.1 Å². The number of hydrogen-bond donors (Lipinski definition) is 1. The van der Waals surface area contributed by atoms with Crippen LogP contribution in [-0.2, 0) is 6.42 Å². The van der Waals surface area contributed by atoms with Crippen LogP contribution in [0, 0.1) is 5.82 Å². The Balaban J connectivity index is 1.59. The molecule has 0 saturated heterocycles. The van der Waals surface area contributed by atoms with Crippen molar-refractivity contribution in [2.45, 2.75) is 25.8 Å². The van der Waals surface area contributed by atoms with E-state index in [1.54, 1.807) is 34.9 Å². The number of phenols is 1. The Kier molecular flexibility index (Phi) is 5.57. The van der Waals surface area contributed by atoms with Crippen molar-refractivity contribution in [2.75, 3.05) is 6.61 Å². The van der Waals surface area contributed by atoms with E-state index in [4.69, 9.17) is 9.73 Å². The Morgan fingerprint density at radius 3 is 2.83 bits per heavy atom. The number of aryl methyl sites for hydroxylation is 1. The van der Waals surface area contributed by atoms with Crippen molar-refractivity contribution in [3.05, 3.63) is 120 Å². The number of fused-ring (bicyclic) bond motifs is 3. The molecule has 1 aliphatic carbocycles. The number of hydrogen-bond acceptors (Lipinski definition) is 5. The minimum absolute atomic E-state index is 0.0490. The molecule has 36 heavy (non-hydrogen) atoms. The van der Waals surface area contributed by atoms with E-state index in [0.29, 0.717) is 21.7 Å². The molecule has 0 unspecified atom stereocenters. The molecule has 1 N–H and O–H groups in total. The number of aromatic hydroxyl groups is 1. The SMILES string of the molecule is CCOc1cc(/C=c2\sc3n(c2=O)[C@@H](c2cccc(F)c2)C2=C(N=3)c3ccccc3CC2)ccc1O. The van der Waals surface area contributed by atoms with Crippen LogP contribution in [0.3, 0.4) is 0 Å². The summed E-state index contributed by atoms with van der Waals surface area (Å²) in [6.07, 6.45) is 3.37. The van der Waals surface area contributed by atoms with E-state index in [9.17, 15) is 14.3 Å². The van der Waals surface area contributed by atoms with Crippen LogP contribution in [0.25, 0.3) is 11.8 Å². The minimum atomic E-state index is -0.429. The van der Waals surface area contributed by atoms with E-state index >= 15 is 0 Å². The normalized spacial score (nSPS) is 16.7. The predicted molar refractivity (Wildman–Crippen MR) is 138 cm³/mol. The zero-order chi connectivity index (χ0) is 24.8. The number of aromatic nitrogens is 1. The summed E-state index contributed by atoms with van der Waals surface area (Å²) in [5.74, 6) is 0.0779. The molecule has 6 rings (SSSR count). The number of ether oxygens (including phenoxy) is 1. The molecule has 1 aromatic heterocycles. The van der Waals surface area contributed by atoms with E-state index in [1.165, 1.54) is 29.0 Å². The summed E-state index contributed by atoms with van der Waals surface area (Å²) in [5, 5.41) is 10.0. The number of phenolic OH excluding ortho intramolecular Hbond substituents is 1. The quantitative estimate of drug-likeness (QED) is 0.449. The highest BCUT2D eigenvalue weighted by Crippen LogP contribution is 2.41. The second-order valence-electron chi connectivity index (χ2n) is 8.83. The highest BCUT2D eigenvalue weighted by atomic mass is 32.1. The van der Waals surface area contributed by atoms with E-state index in [-0.39, 0.29) is 17.1 Å². The van der Waals surface area contributed by atoms with Crippen molar-refractivity contribution >= 4 is 23.1 Å². The predicted octanol–water partition coefficient (Wildman–Crippen LogP) is 4.56. The van der Waals surface area contributed by atoms with Gasteiger partial charge in [-0.15, -0.1) is 0 Å². The molecule has 0 bridgehead atoms. The lowest BCUT2D eigenvalue weighted by Crippen LogP contribution is -2.38. The van der Waals surface area contributed by atoms with Crippen LogP contribution in [0.4, 0.5) is 4.39 Å². The fraction of sp³-hybridized carbons (Fsp3) is 0.172. The van der Waals surface area contributed by atoms with Gasteiger partial charge in [0.2, 0.25) is 0 Å². The summed E-state index contributed by atoms with van der Waals surface area (Å²) in [6, 6.07) is 19.3. The maximum atomic E-state index is 14.3. The fourth-order valence-electron chi connectivity index (χ4n) is 5.04. The van der Waals surface area contributed by atoms with Gasteiger partial charge in [-0.05, 0) is 72.4 Å². The second-order valence-corrected chi connectivity index (χ2v) is 9.84. The molecule has 0 spiro atoms. The number of nitrogens with zero attached hydrogens (tertiary/aromatic N) is 2. The first kappa shape index (κ1) is 22.5. The highest BCUT2D eigenvalue weighted by Gasteiger charge is 2.32. The van der Waals surface area contributed by atoms with Crippen molar-refractivity contribution in [1.29, 1.82) is 0 Å². The number of benzene rings is 3. The van der Waals surface area contributed by atoms with Gasteiger partial charge in [0.05, 0.1) is 22.9 Å². The lowest BCUT2D eigenvalue weighted by molar-refractivity contribution is 0.318. The van der Waals surface area contributed by atoms with Gasteiger partial charge in [-0.25, -0.2) is 9.38 Å². The molecule has 4 aromatic rings. The number of allylic oxidation sites excluding steroid dienone is 1. The summed E-state index contributed by atoms with van der Waals surface area (Å²) >= 11 is 1.31. The lowest BCUT2D eigenvalue weighted by atomic mass is 9.83. The zero-order valence-electron chi connectivity index (χ0n) is 19.6. The number of halogens is 1. The van der Waals surface area contributed by atoms with Crippen molar-refractivity contribution < 1.29 is 14.2 Å². The van der Waals surface area contributed by atoms with Crippen LogP contribution in [0.1, 0.15) is 41.6 Å². The van der Waals surface area contributed by atoms with Gasteiger partial charge in [0.1, 0.15) is 5.82 Å². The lowest BCUT2D eigenvalue weighted by Gasteiger charge is -2.30.